The van der Waals surface area contributed by atoms with Crippen molar-refractivity contribution in [3.8, 4) is 11.5 Å². The molecule has 21 heavy (non-hydrogen) atoms. The molecule has 0 aliphatic carbocycles. The Kier molecular flexibility index (Phi) is 5.59. The molecule has 2 rings (SSSR count). The molecule has 0 heterocycles. The van der Waals surface area contributed by atoms with E-state index in [9.17, 15) is 9.50 Å². The minimum absolute atomic E-state index is 0.0904. The van der Waals surface area contributed by atoms with Crippen molar-refractivity contribution in [1.82, 2.24) is 5.32 Å². The second-order valence-corrected chi connectivity index (χ2v) is 5.50. The zero-order valence-electron chi connectivity index (χ0n) is 11.7. The molecule has 0 aliphatic rings. The Balaban J connectivity index is 1.89. The number of hydrogen-bond acceptors (Lipinski definition) is 3. The molecule has 2 aromatic rings. The van der Waals surface area contributed by atoms with Gasteiger partial charge in [-0.3, -0.25) is 0 Å². The molecule has 0 amide bonds. The maximum atomic E-state index is 13.5. The van der Waals surface area contributed by atoms with Crippen LogP contribution in [0, 0.1) is 5.82 Å². The van der Waals surface area contributed by atoms with Gasteiger partial charge in [0.1, 0.15) is 5.82 Å². The highest BCUT2D eigenvalue weighted by Gasteiger charge is 2.08. The van der Waals surface area contributed by atoms with Crippen LogP contribution in [0.15, 0.2) is 40.9 Å². The molecule has 0 fully saturated rings. The molecule has 3 nitrogen and oxygen atoms in total. The van der Waals surface area contributed by atoms with E-state index in [0.717, 1.165) is 5.56 Å². The first kappa shape index (κ1) is 15.8. The summed E-state index contributed by atoms with van der Waals surface area (Å²) in [5, 5.41) is 13.0. The Morgan fingerprint density at radius 3 is 2.76 bits per heavy atom. The molecule has 0 saturated heterocycles. The zero-order valence-corrected chi connectivity index (χ0v) is 13.3. The largest absolute Gasteiger partial charge is 0.503 e. The van der Waals surface area contributed by atoms with Crippen molar-refractivity contribution < 1.29 is 14.2 Å². The molecule has 0 aromatic heterocycles. The molecule has 2 aromatic carbocycles. The van der Waals surface area contributed by atoms with E-state index in [0.29, 0.717) is 35.3 Å². The number of benzene rings is 2. The summed E-state index contributed by atoms with van der Waals surface area (Å²) in [4.78, 5) is 0. The second-order valence-electron chi connectivity index (χ2n) is 4.65. The van der Waals surface area contributed by atoms with Gasteiger partial charge in [0.15, 0.2) is 11.5 Å². The number of rotatable bonds is 6. The number of nitrogens with one attached hydrogen (secondary N) is 1. The lowest BCUT2D eigenvalue weighted by molar-refractivity contribution is 0.371. The van der Waals surface area contributed by atoms with Gasteiger partial charge < -0.3 is 15.2 Å². The topological polar surface area (TPSA) is 41.5 Å². The van der Waals surface area contributed by atoms with Crippen LogP contribution >= 0.6 is 15.9 Å². The maximum Gasteiger partial charge on any atom is 0.172 e. The molecule has 0 unspecified atom stereocenters. The van der Waals surface area contributed by atoms with Gasteiger partial charge in [0.05, 0.1) is 11.6 Å². The van der Waals surface area contributed by atoms with E-state index in [-0.39, 0.29) is 11.6 Å². The fraction of sp³-hybridized carbons (Fsp3) is 0.250. The lowest BCUT2D eigenvalue weighted by Gasteiger charge is -2.10. The van der Waals surface area contributed by atoms with E-state index in [1.807, 2.05) is 12.1 Å². The van der Waals surface area contributed by atoms with Gasteiger partial charge in [-0.05, 0) is 58.2 Å². The van der Waals surface area contributed by atoms with Gasteiger partial charge in [0, 0.05) is 6.54 Å². The molecular weight excluding hydrogens is 337 g/mol. The second kappa shape index (κ2) is 7.43. The van der Waals surface area contributed by atoms with Gasteiger partial charge in [-0.15, -0.1) is 0 Å². The molecule has 0 aliphatic heterocycles. The lowest BCUT2D eigenvalue weighted by Crippen LogP contribution is -2.17. The van der Waals surface area contributed by atoms with Gasteiger partial charge in [0.2, 0.25) is 0 Å². The number of phenols is 1. The highest BCUT2D eigenvalue weighted by atomic mass is 79.9. The summed E-state index contributed by atoms with van der Waals surface area (Å²) in [6.07, 6.45) is 0.628. The van der Waals surface area contributed by atoms with Crippen molar-refractivity contribution in [1.29, 1.82) is 0 Å². The van der Waals surface area contributed by atoms with Crippen LogP contribution in [0.5, 0.6) is 11.5 Å². The van der Waals surface area contributed by atoms with Crippen molar-refractivity contribution in [2.24, 2.45) is 0 Å². The summed E-state index contributed by atoms with van der Waals surface area (Å²) >= 11 is 3.29. The standard InChI is InChI=1S/C16H17BrFNO2/c1-21-15-9-11(8-13(17)16(15)20)10-19-7-6-12-4-2-3-5-14(12)18/h2-5,8-9,19-20H,6-7,10H2,1H3. The van der Waals surface area contributed by atoms with Crippen molar-refractivity contribution >= 4 is 15.9 Å². The summed E-state index contributed by atoms with van der Waals surface area (Å²) in [6.45, 7) is 1.28. The fourth-order valence-corrected chi connectivity index (χ4v) is 2.53. The molecule has 0 bridgehead atoms. The third-order valence-corrected chi connectivity index (χ3v) is 3.77. The van der Waals surface area contributed by atoms with Crippen LogP contribution in [0.2, 0.25) is 0 Å². The Labute approximate surface area is 131 Å². The first-order valence-corrected chi connectivity index (χ1v) is 7.40. The van der Waals surface area contributed by atoms with Crippen LogP contribution in [0.3, 0.4) is 0 Å². The Morgan fingerprint density at radius 1 is 1.29 bits per heavy atom. The molecule has 112 valence electrons. The summed E-state index contributed by atoms with van der Waals surface area (Å²) in [7, 11) is 1.51. The number of methoxy groups -OCH3 is 1. The molecule has 5 heteroatoms. The van der Waals surface area contributed by atoms with Crippen molar-refractivity contribution in [2.75, 3.05) is 13.7 Å². The fourth-order valence-electron chi connectivity index (χ4n) is 2.04. The summed E-state index contributed by atoms with van der Waals surface area (Å²) in [5.41, 5.74) is 1.68. The van der Waals surface area contributed by atoms with E-state index >= 15 is 0 Å². The third kappa shape index (κ3) is 4.19. The highest BCUT2D eigenvalue weighted by Crippen LogP contribution is 2.35. The average Bonchev–Trinajstić information content (AvgIpc) is 2.48. The molecule has 0 atom stereocenters. The molecular formula is C16H17BrFNO2. The van der Waals surface area contributed by atoms with Crippen LogP contribution < -0.4 is 10.1 Å². The first-order chi connectivity index (χ1) is 10.1. The monoisotopic (exact) mass is 353 g/mol. The van der Waals surface area contributed by atoms with Crippen LogP contribution in [-0.4, -0.2) is 18.8 Å². The van der Waals surface area contributed by atoms with Gasteiger partial charge in [-0.1, -0.05) is 18.2 Å². The zero-order chi connectivity index (χ0) is 15.2. The smallest absolute Gasteiger partial charge is 0.172 e. The molecule has 0 saturated carbocycles. The summed E-state index contributed by atoms with van der Waals surface area (Å²) in [6, 6.07) is 10.4. The van der Waals surface area contributed by atoms with Crippen LogP contribution in [0.4, 0.5) is 4.39 Å². The first-order valence-electron chi connectivity index (χ1n) is 6.61. The molecule has 0 radical (unpaired) electrons. The van der Waals surface area contributed by atoms with Gasteiger partial charge in [-0.2, -0.15) is 0 Å². The Hall–Kier alpha value is -1.59. The van der Waals surface area contributed by atoms with Crippen LogP contribution in [0.25, 0.3) is 0 Å². The SMILES string of the molecule is COc1cc(CNCCc2ccccc2F)cc(Br)c1O. The number of aromatic hydroxyl groups is 1. The Bertz CT molecular complexity index is 619. The van der Waals surface area contributed by atoms with Crippen LogP contribution in [0.1, 0.15) is 11.1 Å². The van der Waals surface area contributed by atoms with Crippen molar-refractivity contribution in [3.63, 3.8) is 0 Å². The normalized spacial score (nSPS) is 10.6. The molecule has 0 spiro atoms. The number of ether oxygens (including phenoxy) is 1. The summed E-state index contributed by atoms with van der Waals surface area (Å²) < 4.78 is 19.1. The maximum absolute atomic E-state index is 13.5. The quantitative estimate of drug-likeness (QED) is 0.779. The van der Waals surface area contributed by atoms with Gasteiger partial charge in [0.25, 0.3) is 0 Å². The van der Waals surface area contributed by atoms with Crippen molar-refractivity contribution in [2.45, 2.75) is 13.0 Å². The minimum atomic E-state index is -0.173. The third-order valence-electron chi connectivity index (χ3n) is 3.17. The van der Waals surface area contributed by atoms with Gasteiger partial charge >= 0.3 is 0 Å². The number of halogens is 2. The minimum Gasteiger partial charge on any atom is -0.503 e. The average molecular weight is 354 g/mol. The highest BCUT2D eigenvalue weighted by molar-refractivity contribution is 9.10. The van der Waals surface area contributed by atoms with Gasteiger partial charge in [-0.25, -0.2) is 4.39 Å². The predicted octanol–water partition coefficient (Wildman–Crippen LogP) is 3.63. The Morgan fingerprint density at radius 2 is 2.05 bits per heavy atom. The van der Waals surface area contributed by atoms with E-state index in [1.165, 1.54) is 13.2 Å². The van der Waals surface area contributed by atoms with E-state index in [2.05, 4.69) is 21.2 Å². The number of hydrogen-bond donors (Lipinski definition) is 2. The lowest BCUT2D eigenvalue weighted by atomic mass is 10.1. The van der Waals surface area contributed by atoms with E-state index < -0.39 is 0 Å². The number of phenolic OH excluding ortho intramolecular Hbond substituents is 1. The van der Waals surface area contributed by atoms with Crippen molar-refractivity contribution in [3.05, 3.63) is 57.8 Å². The van der Waals surface area contributed by atoms with E-state index in [1.54, 1.807) is 18.2 Å². The predicted molar refractivity (Wildman–Crippen MR) is 84.2 cm³/mol. The summed E-state index contributed by atoms with van der Waals surface area (Å²) in [5.74, 6) is 0.344. The van der Waals surface area contributed by atoms with Crippen LogP contribution in [-0.2, 0) is 13.0 Å². The van der Waals surface area contributed by atoms with E-state index in [4.69, 9.17) is 4.74 Å². The molecule has 2 N–H and O–H groups in total.